The van der Waals surface area contributed by atoms with E-state index in [1.165, 1.54) is 0 Å². The zero-order valence-corrected chi connectivity index (χ0v) is 9.21. The van der Waals surface area contributed by atoms with E-state index in [-0.39, 0.29) is 17.8 Å². The lowest BCUT2D eigenvalue weighted by molar-refractivity contribution is 0.0796. The van der Waals surface area contributed by atoms with E-state index in [2.05, 4.69) is 0 Å². The molecule has 2 rings (SSSR count). The van der Waals surface area contributed by atoms with Gasteiger partial charge in [-0.2, -0.15) is 0 Å². The third-order valence-electron chi connectivity index (χ3n) is 3.30. The van der Waals surface area contributed by atoms with Gasteiger partial charge in [-0.1, -0.05) is 24.6 Å². The first-order chi connectivity index (χ1) is 7.07. The smallest absolute Gasteiger partial charge is 0.169 e. The van der Waals surface area contributed by atoms with Crippen LogP contribution in [0.4, 0.5) is 0 Å². The van der Waals surface area contributed by atoms with Crippen LogP contribution in [0.25, 0.3) is 0 Å². The summed E-state index contributed by atoms with van der Waals surface area (Å²) in [7, 11) is 0. The fraction of sp³-hybridized carbons (Fsp3) is 0.462. The molecule has 0 saturated heterocycles. The Labute approximate surface area is 89.9 Å². The summed E-state index contributed by atoms with van der Waals surface area (Å²) in [6.45, 7) is 4.02. The summed E-state index contributed by atoms with van der Waals surface area (Å²) in [5.74, 6) is 0.190. The molecule has 0 aromatic heterocycles. The number of ketones is 1. The molecule has 0 fully saturated rings. The molecule has 1 aliphatic carbocycles. The Balaban J connectivity index is 2.41. The molecule has 2 heteroatoms. The van der Waals surface area contributed by atoms with Crippen molar-refractivity contribution in [2.45, 2.75) is 26.7 Å². The number of aliphatic hydroxyl groups excluding tert-OH is 1. The van der Waals surface area contributed by atoms with Gasteiger partial charge in [-0.05, 0) is 31.4 Å². The van der Waals surface area contributed by atoms with E-state index in [4.69, 9.17) is 5.11 Å². The first-order valence-electron chi connectivity index (χ1n) is 5.32. The van der Waals surface area contributed by atoms with Crippen LogP contribution >= 0.6 is 0 Å². The lowest BCUT2D eigenvalue weighted by atomic mass is 9.83. The highest BCUT2D eigenvalue weighted by Gasteiger charge is 2.40. The fourth-order valence-corrected chi connectivity index (χ4v) is 2.33. The summed E-state index contributed by atoms with van der Waals surface area (Å²) in [5.41, 5.74) is 2.72. The summed E-state index contributed by atoms with van der Waals surface area (Å²) in [6, 6.07) is 6.03. The highest BCUT2D eigenvalue weighted by Crippen LogP contribution is 2.39. The van der Waals surface area contributed by atoms with Crippen molar-refractivity contribution in [1.29, 1.82) is 0 Å². The molecule has 80 valence electrons. The minimum Gasteiger partial charge on any atom is -0.396 e. The van der Waals surface area contributed by atoms with Crippen molar-refractivity contribution in [1.82, 2.24) is 0 Å². The van der Waals surface area contributed by atoms with E-state index in [1.807, 2.05) is 32.0 Å². The molecule has 0 spiro atoms. The second-order valence-corrected chi connectivity index (χ2v) is 4.70. The Kier molecular flexibility index (Phi) is 2.39. The molecule has 0 heterocycles. The van der Waals surface area contributed by atoms with Crippen LogP contribution < -0.4 is 0 Å². The zero-order chi connectivity index (χ0) is 11.1. The third-order valence-corrected chi connectivity index (χ3v) is 3.30. The predicted octanol–water partition coefficient (Wildman–Crippen LogP) is 2.12. The maximum Gasteiger partial charge on any atom is 0.169 e. The van der Waals surface area contributed by atoms with Crippen molar-refractivity contribution < 1.29 is 9.90 Å². The first kappa shape index (κ1) is 10.4. The summed E-state index contributed by atoms with van der Waals surface area (Å²) in [4.78, 5) is 12.1. The molecular formula is C13H16O2. The Morgan fingerprint density at radius 3 is 2.87 bits per heavy atom. The number of hydrogen-bond acceptors (Lipinski definition) is 2. The van der Waals surface area contributed by atoms with Gasteiger partial charge in [-0.15, -0.1) is 0 Å². The summed E-state index contributed by atoms with van der Waals surface area (Å²) in [5, 5.41) is 8.99. The highest BCUT2D eigenvalue weighted by molar-refractivity contribution is 6.04. The molecule has 0 radical (unpaired) electrons. The van der Waals surface area contributed by atoms with Crippen LogP contribution in [0, 0.1) is 12.3 Å². The summed E-state index contributed by atoms with van der Waals surface area (Å²) >= 11 is 0. The van der Waals surface area contributed by atoms with Crippen molar-refractivity contribution in [3.8, 4) is 0 Å². The first-order valence-corrected chi connectivity index (χ1v) is 5.32. The van der Waals surface area contributed by atoms with E-state index in [9.17, 15) is 4.79 Å². The molecule has 1 aliphatic rings. The molecule has 15 heavy (non-hydrogen) atoms. The van der Waals surface area contributed by atoms with Crippen LogP contribution in [0.1, 0.15) is 34.8 Å². The van der Waals surface area contributed by atoms with Gasteiger partial charge in [-0.3, -0.25) is 4.79 Å². The third kappa shape index (κ3) is 1.59. The van der Waals surface area contributed by atoms with Crippen LogP contribution in [0.5, 0.6) is 0 Å². The molecular weight excluding hydrogens is 188 g/mol. The number of aryl methyl sites for hydroxylation is 1. The van der Waals surface area contributed by atoms with Crippen molar-refractivity contribution in [3.63, 3.8) is 0 Å². The molecule has 1 aromatic rings. The average Bonchev–Trinajstić information content (AvgIpc) is 2.42. The number of benzene rings is 1. The number of hydrogen-bond donors (Lipinski definition) is 1. The van der Waals surface area contributed by atoms with E-state index in [0.29, 0.717) is 6.42 Å². The minimum atomic E-state index is -0.384. The van der Waals surface area contributed by atoms with Gasteiger partial charge in [0.2, 0.25) is 0 Å². The van der Waals surface area contributed by atoms with Gasteiger partial charge in [0.15, 0.2) is 5.78 Å². The second kappa shape index (κ2) is 3.46. The van der Waals surface area contributed by atoms with E-state index in [1.54, 1.807) is 0 Å². The standard InChI is InChI=1S/C13H16O2/c1-9-3-4-10-8-13(2,5-6-14)12(15)11(10)7-9/h3-4,7,14H,5-6,8H2,1-2H3. The van der Waals surface area contributed by atoms with Gasteiger partial charge in [0, 0.05) is 17.6 Å². The maximum absolute atomic E-state index is 12.1. The molecule has 1 unspecified atom stereocenters. The molecule has 1 N–H and O–H groups in total. The monoisotopic (exact) mass is 204 g/mol. The SMILES string of the molecule is Cc1ccc2c(c1)C(=O)C(C)(CCO)C2. The second-order valence-electron chi connectivity index (χ2n) is 4.70. The van der Waals surface area contributed by atoms with Crippen LogP contribution in [-0.2, 0) is 6.42 Å². The van der Waals surface area contributed by atoms with Gasteiger partial charge in [-0.25, -0.2) is 0 Å². The zero-order valence-electron chi connectivity index (χ0n) is 9.21. The van der Waals surface area contributed by atoms with Gasteiger partial charge < -0.3 is 5.11 Å². The van der Waals surface area contributed by atoms with Gasteiger partial charge in [0.05, 0.1) is 0 Å². The van der Waals surface area contributed by atoms with Crippen molar-refractivity contribution >= 4 is 5.78 Å². The Hall–Kier alpha value is -1.15. The van der Waals surface area contributed by atoms with Gasteiger partial charge in [0.1, 0.15) is 0 Å². The van der Waals surface area contributed by atoms with Crippen LogP contribution in [0.15, 0.2) is 18.2 Å². The van der Waals surface area contributed by atoms with Crippen molar-refractivity contribution in [2.75, 3.05) is 6.61 Å². The van der Waals surface area contributed by atoms with Gasteiger partial charge >= 0.3 is 0 Å². The fourth-order valence-electron chi connectivity index (χ4n) is 2.33. The van der Waals surface area contributed by atoms with E-state index in [0.717, 1.165) is 23.1 Å². The lowest BCUT2D eigenvalue weighted by Gasteiger charge is -2.19. The van der Waals surface area contributed by atoms with E-state index < -0.39 is 0 Å². The highest BCUT2D eigenvalue weighted by atomic mass is 16.3. The normalized spacial score (nSPS) is 24.3. The van der Waals surface area contributed by atoms with Crippen LogP contribution in [0.3, 0.4) is 0 Å². The number of rotatable bonds is 2. The van der Waals surface area contributed by atoms with Crippen LogP contribution in [0.2, 0.25) is 0 Å². The number of carbonyl (C=O) groups is 1. The molecule has 0 saturated carbocycles. The topological polar surface area (TPSA) is 37.3 Å². The number of aliphatic hydroxyl groups is 1. The Bertz CT molecular complexity index is 409. The molecule has 0 bridgehead atoms. The predicted molar refractivity (Wildman–Crippen MR) is 59.0 cm³/mol. The molecule has 1 aromatic carbocycles. The van der Waals surface area contributed by atoms with Crippen molar-refractivity contribution in [3.05, 3.63) is 34.9 Å². The molecule has 0 amide bonds. The van der Waals surface area contributed by atoms with Gasteiger partial charge in [0.25, 0.3) is 0 Å². The Morgan fingerprint density at radius 1 is 1.47 bits per heavy atom. The molecule has 2 nitrogen and oxygen atoms in total. The number of Topliss-reactive ketones (excluding diaryl/α,β-unsaturated/α-hetero) is 1. The molecule has 0 aliphatic heterocycles. The largest absolute Gasteiger partial charge is 0.396 e. The average molecular weight is 204 g/mol. The number of carbonyl (C=O) groups excluding carboxylic acids is 1. The number of fused-ring (bicyclic) bond motifs is 1. The minimum absolute atomic E-state index is 0.0786. The van der Waals surface area contributed by atoms with Crippen molar-refractivity contribution in [2.24, 2.45) is 5.41 Å². The molecule has 1 atom stereocenters. The lowest BCUT2D eigenvalue weighted by Crippen LogP contribution is -2.25. The Morgan fingerprint density at radius 2 is 2.20 bits per heavy atom. The summed E-state index contributed by atoms with van der Waals surface area (Å²) < 4.78 is 0. The quantitative estimate of drug-likeness (QED) is 0.801. The van der Waals surface area contributed by atoms with Crippen LogP contribution in [-0.4, -0.2) is 17.5 Å². The summed E-state index contributed by atoms with van der Waals surface area (Å²) in [6.07, 6.45) is 1.32. The maximum atomic E-state index is 12.1. The van der Waals surface area contributed by atoms with E-state index >= 15 is 0 Å².